The molecule has 0 bridgehead atoms. The molecule has 3 nitrogen and oxygen atoms in total. The zero-order chi connectivity index (χ0) is 13.1. The summed E-state index contributed by atoms with van der Waals surface area (Å²) in [6.07, 6.45) is -0.191. The largest absolute Gasteiger partial charge is 0.387 e. The second kappa shape index (κ2) is 6.15. The maximum Gasteiger partial charge on any atom is 0.0917 e. The van der Waals surface area contributed by atoms with E-state index in [4.69, 9.17) is 4.74 Å². The molecule has 1 aromatic rings. The molecular weight excluding hydrogens is 294 g/mol. The van der Waals surface area contributed by atoms with Crippen LogP contribution in [0, 0.1) is 0 Å². The van der Waals surface area contributed by atoms with Crippen molar-refractivity contribution in [1.29, 1.82) is 0 Å². The van der Waals surface area contributed by atoms with Crippen LogP contribution in [0.5, 0.6) is 0 Å². The molecule has 3 unspecified atom stereocenters. The molecule has 1 aromatic carbocycles. The van der Waals surface area contributed by atoms with Gasteiger partial charge in [-0.15, -0.1) is 0 Å². The van der Waals surface area contributed by atoms with Crippen LogP contribution in [-0.2, 0) is 4.74 Å². The lowest BCUT2D eigenvalue weighted by Crippen LogP contribution is -2.48. The predicted octanol–water partition coefficient (Wildman–Crippen LogP) is 2.59. The van der Waals surface area contributed by atoms with E-state index in [2.05, 4.69) is 34.7 Å². The zero-order valence-electron chi connectivity index (χ0n) is 10.8. The summed E-state index contributed by atoms with van der Waals surface area (Å²) in [5, 5.41) is 10.3. The molecule has 0 aromatic heterocycles. The summed E-state index contributed by atoms with van der Waals surface area (Å²) in [6, 6.07) is 8.21. The topological polar surface area (TPSA) is 32.7 Å². The molecule has 0 amide bonds. The van der Waals surface area contributed by atoms with Crippen molar-refractivity contribution in [2.45, 2.75) is 32.1 Å². The number of ether oxygens (including phenoxy) is 1. The maximum absolute atomic E-state index is 10.3. The second-order valence-electron chi connectivity index (χ2n) is 5.01. The van der Waals surface area contributed by atoms with E-state index in [1.807, 2.05) is 24.3 Å². The Morgan fingerprint density at radius 3 is 2.72 bits per heavy atom. The third kappa shape index (κ3) is 3.54. The van der Waals surface area contributed by atoms with Crippen molar-refractivity contribution in [1.82, 2.24) is 4.90 Å². The minimum absolute atomic E-state index is 0.248. The Kier molecular flexibility index (Phi) is 4.78. The minimum atomic E-state index is -0.439. The Morgan fingerprint density at radius 1 is 1.39 bits per heavy atom. The Labute approximate surface area is 117 Å². The lowest BCUT2D eigenvalue weighted by molar-refractivity contribution is -0.0619. The Hall–Kier alpha value is -0.420. The standard InChI is InChI=1S/C14H20BrNO2/c1-10-9-18-11(2)7-16(10)8-14(17)12-3-5-13(15)6-4-12/h3-6,10-11,14,17H,7-9H2,1-2H3. The normalized spacial score (nSPS) is 27.1. The Morgan fingerprint density at radius 2 is 2.06 bits per heavy atom. The van der Waals surface area contributed by atoms with E-state index in [-0.39, 0.29) is 6.10 Å². The fourth-order valence-corrected chi connectivity index (χ4v) is 2.50. The number of benzene rings is 1. The first-order valence-corrected chi connectivity index (χ1v) is 7.14. The van der Waals surface area contributed by atoms with Gasteiger partial charge >= 0.3 is 0 Å². The lowest BCUT2D eigenvalue weighted by Gasteiger charge is -2.37. The van der Waals surface area contributed by atoms with E-state index in [9.17, 15) is 5.11 Å². The van der Waals surface area contributed by atoms with Crippen LogP contribution in [0.3, 0.4) is 0 Å². The van der Waals surface area contributed by atoms with Gasteiger partial charge < -0.3 is 9.84 Å². The van der Waals surface area contributed by atoms with E-state index in [0.717, 1.165) is 23.2 Å². The number of hydrogen-bond donors (Lipinski definition) is 1. The first-order valence-electron chi connectivity index (χ1n) is 6.35. The molecule has 1 aliphatic heterocycles. The van der Waals surface area contributed by atoms with Gasteiger partial charge in [-0.3, -0.25) is 4.90 Å². The highest BCUT2D eigenvalue weighted by Crippen LogP contribution is 2.20. The number of hydrogen-bond acceptors (Lipinski definition) is 3. The van der Waals surface area contributed by atoms with Crippen molar-refractivity contribution in [2.24, 2.45) is 0 Å². The molecule has 4 heteroatoms. The van der Waals surface area contributed by atoms with Gasteiger partial charge in [0.1, 0.15) is 0 Å². The number of morpholine rings is 1. The molecule has 1 aliphatic rings. The summed E-state index contributed by atoms with van der Waals surface area (Å²) >= 11 is 3.40. The van der Waals surface area contributed by atoms with E-state index < -0.39 is 6.10 Å². The number of halogens is 1. The van der Waals surface area contributed by atoms with Gasteiger partial charge in [0.15, 0.2) is 0 Å². The smallest absolute Gasteiger partial charge is 0.0917 e. The minimum Gasteiger partial charge on any atom is -0.387 e. The molecule has 0 saturated carbocycles. The van der Waals surface area contributed by atoms with Crippen LogP contribution in [-0.4, -0.2) is 41.8 Å². The van der Waals surface area contributed by atoms with Gasteiger partial charge in [0, 0.05) is 23.6 Å². The van der Waals surface area contributed by atoms with Gasteiger partial charge in [-0.1, -0.05) is 28.1 Å². The maximum atomic E-state index is 10.3. The summed E-state index contributed by atoms with van der Waals surface area (Å²) in [6.45, 7) is 6.50. The summed E-state index contributed by atoms with van der Waals surface area (Å²) in [5.41, 5.74) is 0.963. The fourth-order valence-electron chi connectivity index (χ4n) is 2.24. The van der Waals surface area contributed by atoms with Crippen molar-refractivity contribution >= 4 is 15.9 Å². The molecule has 1 saturated heterocycles. The molecule has 3 atom stereocenters. The monoisotopic (exact) mass is 313 g/mol. The van der Waals surface area contributed by atoms with Crippen LogP contribution in [0.4, 0.5) is 0 Å². The van der Waals surface area contributed by atoms with Gasteiger partial charge in [-0.25, -0.2) is 0 Å². The molecule has 1 fully saturated rings. The average molecular weight is 314 g/mol. The van der Waals surface area contributed by atoms with Crippen LogP contribution in [0.25, 0.3) is 0 Å². The first kappa shape index (κ1) is 14.0. The van der Waals surface area contributed by atoms with Crippen molar-refractivity contribution < 1.29 is 9.84 Å². The van der Waals surface area contributed by atoms with Gasteiger partial charge in [0.05, 0.1) is 18.8 Å². The van der Waals surface area contributed by atoms with Crippen LogP contribution in [0.1, 0.15) is 25.5 Å². The fraction of sp³-hybridized carbons (Fsp3) is 0.571. The van der Waals surface area contributed by atoms with Crippen LogP contribution >= 0.6 is 15.9 Å². The number of aliphatic hydroxyl groups is 1. The Bertz CT molecular complexity index is 382. The van der Waals surface area contributed by atoms with E-state index in [1.54, 1.807) is 0 Å². The van der Waals surface area contributed by atoms with Crippen molar-refractivity contribution in [2.75, 3.05) is 19.7 Å². The molecule has 0 spiro atoms. The van der Waals surface area contributed by atoms with Gasteiger partial charge in [-0.2, -0.15) is 0 Å². The quantitative estimate of drug-likeness (QED) is 0.931. The van der Waals surface area contributed by atoms with Gasteiger partial charge in [0.25, 0.3) is 0 Å². The zero-order valence-corrected chi connectivity index (χ0v) is 12.4. The van der Waals surface area contributed by atoms with Crippen molar-refractivity contribution in [3.05, 3.63) is 34.3 Å². The average Bonchev–Trinajstić information content (AvgIpc) is 2.34. The highest BCUT2D eigenvalue weighted by molar-refractivity contribution is 9.10. The Balaban J connectivity index is 1.97. The summed E-state index contributed by atoms with van der Waals surface area (Å²) in [5.74, 6) is 0. The first-order chi connectivity index (χ1) is 8.56. The lowest BCUT2D eigenvalue weighted by atomic mass is 10.1. The summed E-state index contributed by atoms with van der Waals surface area (Å²) < 4.78 is 6.63. The molecule has 18 heavy (non-hydrogen) atoms. The molecule has 1 heterocycles. The summed E-state index contributed by atoms with van der Waals surface area (Å²) in [4.78, 5) is 2.29. The van der Waals surface area contributed by atoms with E-state index in [1.165, 1.54) is 0 Å². The molecule has 0 radical (unpaired) electrons. The molecule has 100 valence electrons. The molecule has 1 N–H and O–H groups in total. The van der Waals surface area contributed by atoms with Crippen LogP contribution in [0.2, 0.25) is 0 Å². The highest BCUT2D eigenvalue weighted by Gasteiger charge is 2.25. The number of aliphatic hydroxyl groups excluding tert-OH is 1. The van der Waals surface area contributed by atoms with Crippen molar-refractivity contribution in [3.63, 3.8) is 0 Å². The number of β-amino-alcohol motifs (C(OH)–C–C–N with tert-alkyl or cyclic N) is 1. The van der Waals surface area contributed by atoms with Crippen LogP contribution < -0.4 is 0 Å². The van der Waals surface area contributed by atoms with Crippen molar-refractivity contribution in [3.8, 4) is 0 Å². The SMILES string of the molecule is CC1CN(CC(O)c2ccc(Br)cc2)C(C)CO1. The van der Waals surface area contributed by atoms with E-state index in [0.29, 0.717) is 12.6 Å². The van der Waals surface area contributed by atoms with Gasteiger partial charge in [0.2, 0.25) is 0 Å². The molecule has 2 rings (SSSR count). The van der Waals surface area contributed by atoms with Crippen LogP contribution in [0.15, 0.2) is 28.7 Å². The highest BCUT2D eigenvalue weighted by atomic mass is 79.9. The number of rotatable bonds is 3. The second-order valence-corrected chi connectivity index (χ2v) is 5.93. The van der Waals surface area contributed by atoms with E-state index >= 15 is 0 Å². The third-order valence-electron chi connectivity index (χ3n) is 3.40. The molecular formula is C14H20BrNO2. The molecule has 0 aliphatic carbocycles. The van der Waals surface area contributed by atoms with Gasteiger partial charge in [-0.05, 0) is 31.5 Å². The number of nitrogens with zero attached hydrogens (tertiary/aromatic N) is 1. The third-order valence-corrected chi connectivity index (χ3v) is 3.93. The predicted molar refractivity (Wildman–Crippen MR) is 75.6 cm³/mol. The summed E-state index contributed by atoms with van der Waals surface area (Å²) in [7, 11) is 0.